The van der Waals surface area contributed by atoms with E-state index >= 15 is 0 Å². The summed E-state index contributed by atoms with van der Waals surface area (Å²) in [5.74, 6) is 0.364. The van der Waals surface area contributed by atoms with E-state index in [1.807, 2.05) is 24.0 Å². The van der Waals surface area contributed by atoms with Crippen LogP contribution in [0.25, 0.3) is 0 Å². The van der Waals surface area contributed by atoms with Crippen LogP contribution < -0.4 is 4.90 Å². The summed E-state index contributed by atoms with van der Waals surface area (Å²) < 4.78 is 24.2. The van der Waals surface area contributed by atoms with Crippen molar-refractivity contribution in [1.82, 2.24) is 0 Å². The first-order valence-corrected chi connectivity index (χ1v) is 8.35. The number of aliphatic hydroxyl groups is 1. The predicted molar refractivity (Wildman–Crippen MR) is 76.2 cm³/mol. The Labute approximate surface area is 115 Å². The SMILES string of the molecule is CCS(=O)(=O)c1ccccc1N1CC[C@@H](C)[C@H](O)C1. The van der Waals surface area contributed by atoms with E-state index in [1.165, 1.54) is 0 Å². The number of rotatable bonds is 3. The van der Waals surface area contributed by atoms with E-state index in [0.29, 0.717) is 11.4 Å². The maximum absolute atomic E-state index is 12.1. The summed E-state index contributed by atoms with van der Waals surface area (Å²) in [4.78, 5) is 2.35. The van der Waals surface area contributed by atoms with Crippen LogP contribution in [-0.4, -0.2) is 38.5 Å². The van der Waals surface area contributed by atoms with Gasteiger partial charge in [0, 0.05) is 13.1 Å². The lowest BCUT2D eigenvalue weighted by molar-refractivity contribution is 0.103. The fourth-order valence-electron chi connectivity index (χ4n) is 2.40. The van der Waals surface area contributed by atoms with Crippen LogP contribution in [0.2, 0.25) is 0 Å². The Bertz CT molecular complexity index is 541. The highest BCUT2D eigenvalue weighted by Crippen LogP contribution is 2.29. The maximum Gasteiger partial charge on any atom is 0.180 e. The van der Waals surface area contributed by atoms with Gasteiger partial charge >= 0.3 is 0 Å². The zero-order chi connectivity index (χ0) is 14.0. The highest BCUT2D eigenvalue weighted by atomic mass is 32.2. The molecule has 0 radical (unpaired) electrons. The monoisotopic (exact) mass is 283 g/mol. The first-order valence-electron chi connectivity index (χ1n) is 6.70. The van der Waals surface area contributed by atoms with Crippen molar-refractivity contribution in [2.24, 2.45) is 5.92 Å². The molecule has 0 aromatic heterocycles. The number of β-amino-alcohol motifs (C(OH)–C–C–N with tert-alkyl or cyclic N) is 1. The Hall–Kier alpha value is -1.07. The summed E-state index contributed by atoms with van der Waals surface area (Å²) in [6, 6.07) is 7.06. The van der Waals surface area contributed by atoms with Crippen LogP contribution in [0.15, 0.2) is 29.2 Å². The first kappa shape index (κ1) is 14.3. The largest absolute Gasteiger partial charge is 0.391 e. The van der Waals surface area contributed by atoms with Crippen LogP contribution in [-0.2, 0) is 9.84 Å². The maximum atomic E-state index is 12.1. The number of aliphatic hydroxyl groups excluding tert-OH is 1. The smallest absolute Gasteiger partial charge is 0.180 e. The van der Waals surface area contributed by atoms with Gasteiger partial charge in [-0.15, -0.1) is 0 Å². The topological polar surface area (TPSA) is 57.6 Å². The van der Waals surface area contributed by atoms with Crippen molar-refractivity contribution < 1.29 is 13.5 Å². The molecule has 1 fully saturated rings. The van der Waals surface area contributed by atoms with Crippen molar-refractivity contribution in [1.29, 1.82) is 0 Å². The molecule has 106 valence electrons. The highest BCUT2D eigenvalue weighted by molar-refractivity contribution is 7.91. The van der Waals surface area contributed by atoms with Crippen molar-refractivity contribution in [3.63, 3.8) is 0 Å². The van der Waals surface area contributed by atoms with Crippen LogP contribution in [0.5, 0.6) is 0 Å². The van der Waals surface area contributed by atoms with Crippen LogP contribution in [0.4, 0.5) is 5.69 Å². The van der Waals surface area contributed by atoms with E-state index in [1.54, 1.807) is 19.1 Å². The molecule has 1 heterocycles. The second-order valence-corrected chi connectivity index (χ2v) is 7.40. The number of benzene rings is 1. The van der Waals surface area contributed by atoms with Crippen LogP contribution in [0.1, 0.15) is 20.3 Å². The van der Waals surface area contributed by atoms with Crippen LogP contribution >= 0.6 is 0 Å². The lowest BCUT2D eigenvalue weighted by Crippen LogP contribution is -2.43. The van der Waals surface area contributed by atoms with Crippen molar-refractivity contribution >= 4 is 15.5 Å². The minimum Gasteiger partial charge on any atom is -0.391 e. The van der Waals surface area contributed by atoms with E-state index in [0.717, 1.165) is 18.7 Å². The standard InChI is InChI=1S/C14H21NO3S/c1-3-19(17,18)14-7-5-4-6-12(14)15-9-8-11(2)13(16)10-15/h4-7,11,13,16H,3,8-10H2,1-2H3/t11-,13-/m1/s1. The molecule has 1 saturated heterocycles. The van der Waals surface area contributed by atoms with Gasteiger partial charge in [0.05, 0.1) is 22.4 Å². The van der Waals surface area contributed by atoms with E-state index in [-0.39, 0.29) is 11.7 Å². The molecule has 4 nitrogen and oxygen atoms in total. The Morgan fingerprint density at radius 1 is 1.37 bits per heavy atom. The molecule has 0 saturated carbocycles. The molecule has 5 heteroatoms. The summed E-state index contributed by atoms with van der Waals surface area (Å²) in [5.41, 5.74) is 0.718. The molecule has 19 heavy (non-hydrogen) atoms. The number of anilines is 1. The normalized spacial score (nSPS) is 24.5. The van der Waals surface area contributed by atoms with E-state index in [2.05, 4.69) is 0 Å². The van der Waals surface area contributed by atoms with Gasteiger partial charge in [0.2, 0.25) is 0 Å². The molecule has 1 aromatic carbocycles. The highest BCUT2D eigenvalue weighted by Gasteiger charge is 2.27. The van der Waals surface area contributed by atoms with Crippen molar-refractivity contribution in [3.8, 4) is 0 Å². The van der Waals surface area contributed by atoms with Gasteiger partial charge in [-0.3, -0.25) is 0 Å². The molecule has 1 aromatic rings. The minimum atomic E-state index is -3.23. The quantitative estimate of drug-likeness (QED) is 0.917. The summed E-state index contributed by atoms with van der Waals surface area (Å²) >= 11 is 0. The Balaban J connectivity index is 2.36. The van der Waals surface area contributed by atoms with Gasteiger partial charge in [0.15, 0.2) is 9.84 Å². The molecule has 2 atom stereocenters. The number of hydrogen-bond donors (Lipinski definition) is 1. The van der Waals surface area contributed by atoms with E-state index < -0.39 is 15.9 Å². The van der Waals surface area contributed by atoms with Crippen molar-refractivity contribution in [3.05, 3.63) is 24.3 Å². The number of para-hydroxylation sites is 1. The average molecular weight is 283 g/mol. The Kier molecular flexibility index (Phi) is 4.16. The summed E-state index contributed by atoms with van der Waals surface area (Å²) in [5, 5.41) is 9.97. The second kappa shape index (κ2) is 5.51. The third-order valence-electron chi connectivity index (χ3n) is 3.84. The molecule has 0 spiro atoms. The first-order chi connectivity index (χ1) is 8.95. The van der Waals surface area contributed by atoms with Gasteiger partial charge in [-0.2, -0.15) is 0 Å². The third kappa shape index (κ3) is 2.92. The summed E-state index contributed by atoms with van der Waals surface area (Å²) in [7, 11) is -3.23. The van der Waals surface area contributed by atoms with Crippen LogP contribution in [0, 0.1) is 5.92 Å². The summed E-state index contributed by atoms with van der Waals surface area (Å²) in [6.45, 7) is 4.96. The summed E-state index contributed by atoms with van der Waals surface area (Å²) in [6.07, 6.45) is 0.480. The van der Waals surface area contributed by atoms with Gasteiger partial charge in [-0.1, -0.05) is 26.0 Å². The molecular formula is C14H21NO3S. The predicted octanol–water partition coefficient (Wildman–Crippen LogP) is 1.69. The minimum absolute atomic E-state index is 0.0941. The number of piperidine rings is 1. The van der Waals surface area contributed by atoms with Gasteiger partial charge in [0.1, 0.15) is 0 Å². The lowest BCUT2D eigenvalue weighted by atomic mass is 9.96. The number of sulfone groups is 1. The second-order valence-electron chi connectivity index (χ2n) is 5.15. The fourth-order valence-corrected chi connectivity index (χ4v) is 3.52. The molecule has 0 aliphatic carbocycles. The number of hydrogen-bond acceptors (Lipinski definition) is 4. The molecule has 2 rings (SSSR count). The van der Waals surface area contributed by atoms with Crippen molar-refractivity contribution in [2.75, 3.05) is 23.7 Å². The van der Waals surface area contributed by atoms with Gasteiger partial charge < -0.3 is 10.0 Å². The zero-order valence-corrected chi connectivity index (χ0v) is 12.2. The molecule has 0 unspecified atom stereocenters. The van der Waals surface area contributed by atoms with Gasteiger partial charge in [-0.05, 0) is 24.5 Å². The third-order valence-corrected chi connectivity index (χ3v) is 5.62. The molecule has 0 amide bonds. The zero-order valence-electron chi connectivity index (χ0n) is 11.4. The van der Waals surface area contributed by atoms with Gasteiger partial charge in [0.25, 0.3) is 0 Å². The molecular weight excluding hydrogens is 262 g/mol. The molecule has 1 N–H and O–H groups in total. The van der Waals surface area contributed by atoms with Gasteiger partial charge in [-0.25, -0.2) is 8.42 Å². The average Bonchev–Trinajstić information content (AvgIpc) is 2.42. The Morgan fingerprint density at radius 2 is 2.05 bits per heavy atom. The fraction of sp³-hybridized carbons (Fsp3) is 0.571. The van der Waals surface area contributed by atoms with Crippen molar-refractivity contribution in [2.45, 2.75) is 31.3 Å². The molecule has 0 bridgehead atoms. The van der Waals surface area contributed by atoms with E-state index in [9.17, 15) is 13.5 Å². The lowest BCUT2D eigenvalue weighted by Gasteiger charge is -2.36. The van der Waals surface area contributed by atoms with E-state index in [4.69, 9.17) is 0 Å². The molecule has 1 aliphatic rings. The number of nitrogens with zero attached hydrogens (tertiary/aromatic N) is 1. The van der Waals surface area contributed by atoms with Crippen LogP contribution in [0.3, 0.4) is 0 Å². The molecule has 1 aliphatic heterocycles. The Morgan fingerprint density at radius 3 is 2.68 bits per heavy atom.